The van der Waals surface area contributed by atoms with Crippen LogP contribution in [0.4, 0.5) is 5.69 Å². The van der Waals surface area contributed by atoms with Crippen molar-refractivity contribution >= 4 is 28.4 Å². The fourth-order valence-corrected chi connectivity index (χ4v) is 3.96. The summed E-state index contributed by atoms with van der Waals surface area (Å²) in [5.74, 6) is -0.798. The van der Waals surface area contributed by atoms with E-state index in [9.17, 15) is 9.59 Å². The summed E-state index contributed by atoms with van der Waals surface area (Å²) in [4.78, 5) is 26.1. The van der Waals surface area contributed by atoms with Gasteiger partial charge in [0.1, 0.15) is 0 Å². The van der Waals surface area contributed by atoms with Gasteiger partial charge < -0.3 is 10.2 Å². The van der Waals surface area contributed by atoms with Crippen molar-refractivity contribution in [1.82, 2.24) is 20.4 Å². The fourth-order valence-electron chi connectivity index (χ4n) is 3.96. The molecular weight excluding hydrogens is 318 g/mol. The number of anilines is 1. The van der Waals surface area contributed by atoms with E-state index in [0.717, 1.165) is 41.9 Å². The molecule has 2 aromatic rings. The zero-order valence-electron chi connectivity index (χ0n) is 14.6. The second-order valence-corrected chi connectivity index (χ2v) is 6.99. The number of nitrogens with zero attached hydrogens (tertiary/aromatic N) is 3. The lowest BCUT2D eigenvalue weighted by Gasteiger charge is -2.34. The molecule has 0 saturated carbocycles. The first-order valence-electron chi connectivity index (χ1n) is 8.82. The SMILES string of the molecule is C[C@H]1CN(c2cccc3c(C4CCC(=O)NC4=O)nn(C)c23)CCN1. The van der Waals surface area contributed by atoms with E-state index < -0.39 is 0 Å². The molecule has 1 unspecified atom stereocenters. The van der Waals surface area contributed by atoms with Gasteiger partial charge in [-0.2, -0.15) is 5.10 Å². The van der Waals surface area contributed by atoms with Gasteiger partial charge in [-0.3, -0.25) is 19.6 Å². The van der Waals surface area contributed by atoms with E-state index in [0.29, 0.717) is 18.9 Å². The topological polar surface area (TPSA) is 79.3 Å². The van der Waals surface area contributed by atoms with Gasteiger partial charge in [0.25, 0.3) is 0 Å². The van der Waals surface area contributed by atoms with Gasteiger partial charge >= 0.3 is 0 Å². The molecule has 3 heterocycles. The Kier molecular flexibility index (Phi) is 3.95. The lowest BCUT2D eigenvalue weighted by Crippen LogP contribution is -2.49. The minimum Gasteiger partial charge on any atom is -0.367 e. The third-order valence-corrected chi connectivity index (χ3v) is 5.15. The standard InChI is InChI=1S/C18H23N5O2/c1-11-10-23(9-8-19-11)14-5-3-4-12-16(21-22(2)17(12)14)13-6-7-15(24)20-18(13)25/h3-5,11,13,19H,6-10H2,1-2H3,(H,20,24,25)/t11-,13?/m0/s1. The highest BCUT2D eigenvalue weighted by Crippen LogP contribution is 2.34. The van der Waals surface area contributed by atoms with Crippen LogP contribution >= 0.6 is 0 Å². The number of amides is 2. The fraction of sp³-hybridized carbons (Fsp3) is 0.500. The molecule has 0 aliphatic carbocycles. The maximum absolute atomic E-state index is 12.3. The van der Waals surface area contributed by atoms with Crippen LogP contribution in [-0.2, 0) is 16.6 Å². The van der Waals surface area contributed by atoms with E-state index in [4.69, 9.17) is 0 Å². The Morgan fingerprint density at radius 1 is 1.28 bits per heavy atom. The number of carbonyl (C=O) groups is 2. The monoisotopic (exact) mass is 341 g/mol. The van der Waals surface area contributed by atoms with Crippen LogP contribution in [0.1, 0.15) is 31.4 Å². The van der Waals surface area contributed by atoms with Gasteiger partial charge in [-0.05, 0) is 19.4 Å². The lowest BCUT2D eigenvalue weighted by atomic mass is 9.92. The van der Waals surface area contributed by atoms with Gasteiger partial charge in [-0.25, -0.2) is 0 Å². The summed E-state index contributed by atoms with van der Waals surface area (Å²) in [6, 6.07) is 6.61. The molecule has 0 radical (unpaired) electrons. The van der Waals surface area contributed by atoms with Gasteiger partial charge in [-0.15, -0.1) is 0 Å². The average molecular weight is 341 g/mol. The van der Waals surface area contributed by atoms with Crippen LogP contribution in [0.3, 0.4) is 0 Å². The van der Waals surface area contributed by atoms with E-state index in [1.54, 1.807) is 0 Å². The summed E-state index contributed by atoms with van der Waals surface area (Å²) in [6.07, 6.45) is 0.884. The molecule has 2 amide bonds. The molecule has 2 saturated heterocycles. The summed E-state index contributed by atoms with van der Waals surface area (Å²) in [5.41, 5.74) is 2.98. The number of hydrogen-bond donors (Lipinski definition) is 2. The number of carbonyl (C=O) groups excluding carboxylic acids is 2. The number of imide groups is 1. The van der Waals surface area contributed by atoms with Crippen LogP contribution in [0, 0.1) is 0 Å². The molecule has 0 bridgehead atoms. The number of hydrogen-bond acceptors (Lipinski definition) is 5. The largest absolute Gasteiger partial charge is 0.367 e. The number of aromatic nitrogens is 2. The molecule has 2 atom stereocenters. The smallest absolute Gasteiger partial charge is 0.235 e. The Labute approximate surface area is 146 Å². The second kappa shape index (κ2) is 6.15. The number of piperidine rings is 1. The maximum atomic E-state index is 12.3. The summed E-state index contributed by atoms with van der Waals surface area (Å²) in [7, 11) is 1.92. The van der Waals surface area contributed by atoms with Gasteiger partial charge in [0.15, 0.2) is 0 Å². The number of aryl methyl sites for hydroxylation is 1. The first-order chi connectivity index (χ1) is 12.0. The molecule has 2 aliphatic rings. The van der Waals surface area contributed by atoms with Crippen molar-refractivity contribution in [3.8, 4) is 0 Å². The molecule has 2 N–H and O–H groups in total. The van der Waals surface area contributed by atoms with Crippen LogP contribution in [0.25, 0.3) is 10.9 Å². The Balaban J connectivity index is 1.77. The van der Waals surface area contributed by atoms with Gasteiger partial charge in [0.05, 0.1) is 22.8 Å². The van der Waals surface area contributed by atoms with E-state index in [1.165, 1.54) is 0 Å². The Morgan fingerprint density at radius 2 is 2.12 bits per heavy atom. The van der Waals surface area contributed by atoms with Gasteiger partial charge in [0.2, 0.25) is 11.8 Å². The number of nitrogens with one attached hydrogen (secondary N) is 2. The quantitative estimate of drug-likeness (QED) is 0.793. The normalized spacial score (nSPS) is 24.6. The van der Waals surface area contributed by atoms with Gasteiger partial charge in [-0.1, -0.05) is 12.1 Å². The highest BCUT2D eigenvalue weighted by Gasteiger charge is 2.32. The molecule has 2 aliphatic heterocycles. The summed E-state index contributed by atoms with van der Waals surface area (Å²) in [6.45, 7) is 5.03. The predicted molar refractivity (Wildman–Crippen MR) is 95.5 cm³/mol. The number of para-hydroxylation sites is 1. The van der Waals surface area contributed by atoms with Crippen LogP contribution in [0.5, 0.6) is 0 Å². The summed E-state index contributed by atoms with van der Waals surface area (Å²) in [5, 5.41) is 11.6. The van der Waals surface area contributed by atoms with Crippen LogP contribution in [0.2, 0.25) is 0 Å². The molecule has 4 rings (SSSR count). The number of rotatable bonds is 2. The minimum absolute atomic E-state index is 0.197. The van der Waals surface area contributed by atoms with Crippen molar-refractivity contribution < 1.29 is 9.59 Å². The van der Waals surface area contributed by atoms with Crippen molar-refractivity contribution in [2.24, 2.45) is 7.05 Å². The van der Waals surface area contributed by atoms with Crippen molar-refractivity contribution in [2.45, 2.75) is 31.7 Å². The molecule has 1 aromatic heterocycles. The van der Waals surface area contributed by atoms with E-state index >= 15 is 0 Å². The molecule has 25 heavy (non-hydrogen) atoms. The Morgan fingerprint density at radius 3 is 2.88 bits per heavy atom. The zero-order chi connectivity index (χ0) is 17.6. The molecule has 132 valence electrons. The zero-order valence-corrected chi connectivity index (χ0v) is 14.6. The van der Waals surface area contributed by atoms with E-state index in [-0.39, 0.29) is 17.7 Å². The maximum Gasteiger partial charge on any atom is 0.235 e. The summed E-state index contributed by atoms with van der Waals surface area (Å²) >= 11 is 0. The second-order valence-electron chi connectivity index (χ2n) is 6.99. The van der Waals surface area contributed by atoms with Crippen molar-refractivity contribution in [3.05, 3.63) is 23.9 Å². The van der Waals surface area contributed by atoms with Crippen LogP contribution in [-0.4, -0.2) is 47.3 Å². The molecule has 7 heteroatoms. The highest BCUT2D eigenvalue weighted by atomic mass is 16.2. The number of fused-ring (bicyclic) bond motifs is 1. The van der Waals surface area contributed by atoms with Gasteiger partial charge in [0, 0.05) is 44.5 Å². The van der Waals surface area contributed by atoms with Crippen LogP contribution < -0.4 is 15.5 Å². The Bertz CT molecular complexity index is 843. The van der Waals surface area contributed by atoms with Crippen molar-refractivity contribution in [1.29, 1.82) is 0 Å². The van der Waals surface area contributed by atoms with Crippen LogP contribution in [0.15, 0.2) is 18.2 Å². The number of piperazine rings is 1. The third kappa shape index (κ3) is 2.78. The third-order valence-electron chi connectivity index (χ3n) is 5.15. The first kappa shape index (κ1) is 16.1. The first-order valence-corrected chi connectivity index (χ1v) is 8.82. The number of benzene rings is 1. The van der Waals surface area contributed by atoms with Crippen molar-refractivity contribution in [3.63, 3.8) is 0 Å². The van der Waals surface area contributed by atoms with E-state index in [2.05, 4.69) is 33.6 Å². The van der Waals surface area contributed by atoms with Crippen molar-refractivity contribution in [2.75, 3.05) is 24.5 Å². The average Bonchev–Trinajstić information content (AvgIpc) is 2.92. The molecule has 7 nitrogen and oxygen atoms in total. The predicted octanol–water partition coefficient (Wildman–Crippen LogP) is 0.892. The summed E-state index contributed by atoms with van der Waals surface area (Å²) < 4.78 is 1.87. The molecule has 1 aromatic carbocycles. The lowest BCUT2D eigenvalue weighted by molar-refractivity contribution is -0.134. The molecular formula is C18H23N5O2. The highest BCUT2D eigenvalue weighted by molar-refractivity contribution is 6.03. The molecule has 2 fully saturated rings. The van der Waals surface area contributed by atoms with E-state index in [1.807, 2.05) is 23.9 Å². The minimum atomic E-state index is -0.362. The molecule has 0 spiro atoms. The Hall–Kier alpha value is -2.41.